The molecule has 2 fully saturated rings. The van der Waals surface area contributed by atoms with Crippen molar-refractivity contribution in [2.45, 2.75) is 31.3 Å². The van der Waals surface area contributed by atoms with Crippen molar-refractivity contribution in [3.63, 3.8) is 0 Å². The van der Waals surface area contributed by atoms with E-state index in [2.05, 4.69) is 29.2 Å². The number of benzene rings is 3. The highest BCUT2D eigenvalue weighted by atomic mass is 19.1. The first-order valence-corrected chi connectivity index (χ1v) is 12.1. The van der Waals surface area contributed by atoms with Crippen LogP contribution in [-0.2, 0) is 15.1 Å². The molecule has 0 N–H and O–H groups in total. The Morgan fingerprint density at radius 1 is 1.00 bits per heavy atom. The van der Waals surface area contributed by atoms with Crippen LogP contribution in [0, 0.1) is 5.82 Å². The van der Waals surface area contributed by atoms with Gasteiger partial charge in [-0.3, -0.25) is 4.90 Å². The number of morpholine rings is 1. The Kier molecular flexibility index (Phi) is 6.79. The largest absolute Gasteiger partial charge is 0.479 e. The SMILES string of the molecule is O=C(OCCN1CCOCC1)c1ccc(F)c(OC2(c3cccc4ccccc34)CCCC2)c1. The van der Waals surface area contributed by atoms with E-state index in [0.717, 1.165) is 55.1 Å². The Balaban J connectivity index is 1.35. The lowest BCUT2D eigenvalue weighted by Gasteiger charge is -2.32. The van der Waals surface area contributed by atoms with Gasteiger partial charge in [0.15, 0.2) is 11.6 Å². The second-order valence-electron chi connectivity index (χ2n) is 9.07. The summed E-state index contributed by atoms with van der Waals surface area (Å²) in [5.41, 5.74) is 0.742. The lowest BCUT2D eigenvalue weighted by atomic mass is 9.87. The van der Waals surface area contributed by atoms with Crippen molar-refractivity contribution in [2.24, 2.45) is 0 Å². The van der Waals surface area contributed by atoms with Gasteiger partial charge in [-0.25, -0.2) is 9.18 Å². The third-order valence-electron chi connectivity index (χ3n) is 6.91. The summed E-state index contributed by atoms with van der Waals surface area (Å²) in [6.45, 7) is 4.01. The standard InChI is InChI=1S/C28H30FNO4/c29-25-11-10-22(27(31)33-19-16-30-14-17-32-18-15-30)20-26(25)34-28(12-3-4-13-28)24-9-5-7-21-6-1-2-8-23(21)24/h1-2,5-11,20H,3-4,12-19H2. The van der Waals surface area contributed by atoms with Gasteiger partial charge in [0.1, 0.15) is 12.2 Å². The summed E-state index contributed by atoms with van der Waals surface area (Å²) in [7, 11) is 0. The molecule has 0 amide bonds. The summed E-state index contributed by atoms with van der Waals surface area (Å²) in [5, 5.41) is 2.25. The lowest BCUT2D eigenvalue weighted by molar-refractivity contribution is 0.0194. The molecule has 0 aromatic heterocycles. The number of rotatable bonds is 7. The molecule has 5 rings (SSSR count). The number of carbonyl (C=O) groups is 1. The molecular formula is C28H30FNO4. The predicted octanol–water partition coefficient (Wildman–Crippen LogP) is 5.32. The number of esters is 1. The molecule has 34 heavy (non-hydrogen) atoms. The maximum absolute atomic E-state index is 14.9. The number of nitrogens with zero attached hydrogens (tertiary/aromatic N) is 1. The molecule has 0 radical (unpaired) electrons. The maximum atomic E-state index is 14.9. The second-order valence-corrected chi connectivity index (χ2v) is 9.07. The number of fused-ring (bicyclic) bond motifs is 1. The Morgan fingerprint density at radius 3 is 2.59 bits per heavy atom. The fourth-order valence-electron chi connectivity index (χ4n) is 5.09. The molecular weight excluding hydrogens is 433 g/mol. The van der Waals surface area contributed by atoms with Crippen LogP contribution in [0.5, 0.6) is 5.75 Å². The molecule has 1 aliphatic heterocycles. The highest BCUT2D eigenvalue weighted by molar-refractivity contribution is 5.90. The van der Waals surface area contributed by atoms with Gasteiger partial charge in [-0.05, 0) is 54.7 Å². The molecule has 1 heterocycles. The van der Waals surface area contributed by atoms with Crippen LogP contribution in [0.25, 0.3) is 10.8 Å². The number of hydrogen-bond acceptors (Lipinski definition) is 5. The Morgan fingerprint density at radius 2 is 1.76 bits per heavy atom. The van der Waals surface area contributed by atoms with Crippen LogP contribution in [0.3, 0.4) is 0 Å². The second kappa shape index (κ2) is 10.1. The average Bonchev–Trinajstić information content (AvgIpc) is 3.35. The van der Waals surface area contributed by atoms with Crippen molar-refractivity contribution in [3.8, 4) is 5.75 Å². The molecule has 0 spiro atoms. The summed E-state index contributed by atoms with van der Waals surface area (Å²) in [5.74, 6) is -0.849. The number of ether oxygens (including phenoxy) is 3. The van der Waals surface area contributed by atoms with Crippen LogP contribution >= 0.6 is 0 Å². The van der Waals surface area contributed by atoms with Crippen molar-refractivity contribution in [2.75, 3.05) is 39.5 Å². The van der Waals surface area contributed by atoms with Crippen molar-refractivity contribution in [3.05, 3.63) is 77.6 Å². The van der Waals surface area contributed by atoms with Gasteiger partial charge in [0, 0.05) is 25.2 Å². The molecule has 0 bridgehead atoms. The minimum Gasteiger partial charge on any atom is -0.479 e. The van der Waals surface area contributed by atoms with Gasteiger partial charge in [-0.1, -0.05) is 42.5 Å². The van der Waals surface area contributed by atoms with Crippen LogP contribution < -0.4 is 4.74 Å². The molecule has 5 nitrogen and oxygen atoms in total. The lowest BCUT2D eigenvalue weighted by Crippen LogP contribution is -2.38. The zero-order valence-corrected chi connectivity index (χ0v) is 19.3. The normalized spacial score (nSPS) is 18.1. The number of hydrogen-bond donors (Lipinski definition) is 0. The van der Waals surface area contributed by atoms with Gasteiger partial charge in [-0.15, -0.1) is 0 Å². The van der Waals surface area contributed by atoms with E-state index in [4.69, 9.17) is 14.2 Å². The van der Waals surface area contributed by atoms with Crippen LogP contribution in [0.4, 0.5) is 4.39 Å². The topological polar surface area (TPSA) is 48.0 Å². The van der Waals surface area contributed by atoms with Gasteiger partial charge in [0.05, 0.1) is 18.8 Å². The van der Waals surface area contributed by atoms with Crippen molar-refractivity contribution in [1.82, 2.24) is 4.90 Å². The zero-order valence-electron chi connectivity index (χ0n) is 19.3. The smallest absolute Gasteiger partial charge is 0.338 e. The first-order chi connectivity index (χ1) is 16.6. The van der Waals surface area contributed by atoms with Crippen LogP contribution in [0.15, 0.2) is 60.7 Å². The molecule has 1 saturated carbocycles. The Labute approximate surface area is 199 Å². The fourth-order valence-corrected chi connectivity index (χ4v) is 5.09. The molecule has 178 valence electrons. The summed E-state index contributed by atoms with van der Waals surface area (Å²) in [6, 6.07) is 18.6. The molecule has 0 atom stereocenters. The summed E-state index contributed by atoms with van der Waals surface area (Å²) >= 11 is 0. The predicted molar refractivity (Wildman–Crippen MR) is 129 cm³/mol. The molecule has 3 aromatic rings. The van der Waals surface area contributed by atoms with Gasteiger partial charge in [0.25, 0.3) is 0 Å². The highest BCUT2D eigenvalue weighted by Gasteiger charge is 2.40. The van der Waals surface area contributed by atoms with Crippen LogP contribution in [0.2, 0.25) is 0 Å². The van der Waals surface area contributed by atoms with E-state index in [1.807, 2.05) is 18.2 Å². The maximum Gasteiger partial charge on any atom is 0.338 e. The van der Waals surface area contributed by atoms with Crippen molar-refractivity contribution >= 4 is 16.7 Å². The Hall–Kier alpha value is -2.96. The van der Waals surface area contributed by atoms with E-state index in [1.54, 1.807) is 0 Å². The monoisotopic (exact) mass is 463 g/mol. The molecule has 0 unspecified atom stereocenters. The van der Waals surface area contributed by atoms with Gasteiger partial charge in [0.2, 0.25) is 0 Å². The molecule has 6 heteroatoms. The van der Waals surface area contributed by atoms with E-state index < -0.39 is 17.4 Å². The third kappa shape index (κ3) is 4.79. The first kappa shape index (κ1) is 22.8. The Bertz CT molecular complexity index is 1150. The van der Waals surface area contributed by atoms with Crippen molar-refractivity contribution < 1.29 is 23.4 Å². The van der Waals surface area contributed by atoms with Gasteiger partial charge < -0.3 is 14.2 Å². The number of carbonyl (C=O) groups excluding carboxylic acids is 1. The van der Waals surface area contributed by atoms with E-state index in [0.29, 0.717) is 25.3 Å². The van der Waals surface area contributed by atoms with E-state index in [9.17, 15) is 9.18 Å². The van der Waals surface area contributed by atoms with Gasteiger partial charge in [-0.2, -0.15) is 0 Å². The minimum atomic E-state index is -0.624. The molecule has 2 aliphatic rings. The minimum absolute atomic E-state index is 0.0949. The summed E-state index contributed by atoms with van der Waals surface area (Å²) in [4.78, 5) is 14.9. The van der Waals surface area contributed by atoms with Gasteiger partial charge >= 0.3 is 5.97 Å². The number of halogens is 1. The third-order valence-corrected chi connectivity index (χ3v) is 6.91. The molecule has 1 saturated heterocycles. The quantitative estimate of drug-likeness (QED) is 0.444. The van der Waals surface area contributed by atoms with E-state index in [-0.39, 0.29) is 12.4 Å². The van der Waals surface area contributed by atoms with Crippen LogP contribution in [0.1, 0.15) is 41.6 Å². The summed E-state index contributed by atoms with van der Waals surface area (Å²) < 4.78 is 32.2. The fraction of sp³-hybridized carbons (Fsp3) is 0.393. The summed E-state index contributed by atoms with van der Waals surface area (Å²) in [6.07, 6.45) is 3.62. The van der Waals surface area contributed by atoms with Crippen molar-refractivity contribution in [1.29, 1.82) is 0 Å². The molecule has 3 aromatic carbocycles. The van der Waals surface area contributed by atoms with Crippen LogP contribution in [-0.4, -0.2) is 50.3 Å². The molecule has 1 aliphatic carbocycles. The zero-order chi connectivity index (χ0) is 23.4. The highest BCUT2D eigenvalue weighted by Crippen LogP contribution is 2.45. The first-order valence-electron chi connectivity index (χ1n) is 12.1. The van der Waals surface area contributed by atoms with E-state index >= 15 is 0 Å². The average molecular weight is 464 g/mol. The van der Waals surface area contributed by atoms with E-state index in [1.165, 1.54) is 18.2 Å².